The highest BCUT2D eigenvalue weighted by Gasteiger charge is 2.25. The Hall–Kier alpha value is -2.27. The number of halogens is 1. The summed E-state index contributed by atoms with van der Waals surface area (Å²) in [6, 6.07) is 5.73. The van der Waals surface area contributed by atoms with Crippen molar-refractivity contribution in [3.63, 3.8) is 0 Å². The molecule has 0 radical (unpaired) electrons. The quantitative estimate of drug-likeness (QED) is 0.231. The number of carbonyl (C=O) groups excluding carboxylic acids is 1. The van der Waals surface area contributed by atoms with Crippen LogP contribution < -0.4 is 11.4 Å². The lowest BCUT2D eigenvalue weighted by Crippen LogP contribution is -2.31. The van der Waals surface area contributed by atoms with Crippen LogP contribution in [0.3, 0.4) is 0 Å². The highest BCUT2D eigenvalue weighted by atomic mass is 32.2. The molecule has 0 aliphatic carbocycles. The fraction of sp³-hybridized carbons (Fsp3) is 0.278. The molecule has 0 atom stereocenters. The predicted molar refractivity (Wildman–Crippen MR) is 108 cm³/mol. The van der Waals surface area contributed by atoms with Gasteiger partial charge in [-0.1, -0.05) is 6.07 Å². The van der Waals surface area contributed by atoms with Crippen LogP contribution >= 0.6 is 23.3 Å². The fourth-order valence-corrected chi connectivity index (χ4v) is 5.26. The van der Waals surface area contributed by atoms with Crippen LogP contribution in [0.1, 0.15) is 17.4 Å². The third kappa shape index (κ3) is 3.32. The van der Waals surface area contributed by atoms with Crippen LogP contribution in [0.4, 0.5) is 4.39 Å². The van der Waals surface area contributed by atoms with E-state index in [1.165, 1.54) is 41.0 Å². The predicted octanol–water partition coefficient (Wildman–Crippen LogP) is 2.30. The summed E-state index contributed by atoms with van der Waals surface area (Å²) in [6.07, 6.45) is 0.759. The van der Waals surface area contributed by atoms with Crippen molar-refractivity contribution in [2.24, 2.45) is 5.84 Å². The van der Waals surface area contributed by atoms with E-state index < -0.39 is 11.7 Å². The van der Waals surface area contributed by atoms with Crippen molar-refractivity contribution in [2.75, 3.05) is 13.6 Å². The van der Waals surface area contributed by atoms with Crippen molar-refractivity contribution in [1.29, 1.82) is 0 Å². The average Bonchev–Trinajstić information content (AvgIpc) is 2.99. The SMILES string of the molecule is CC(=O)N(N)Sc1nc2sc3c(c2c(=O)n1-c1cccc(F)c1)CCN(C)C3. The monoisotopic (exact) mass is 419 g/mol. The van der Waals surface area contributed by atoms with Gasteiger partial charge in [0, 0.05) is 36.8 Å². The van der Waals surface area contributed by atoms with Crippen molar-refractivity contribution in [2.45, 2.75) is 25.0 Å². The third-order valence-corrected chi connectivity index (χ3v) is 6.59. The molecule has 0 spiro atoms. The van der Waals surface area contributed by atoms with Crippen LogP contribution in [-0.4, -0.2) is 38.4 Å². The average molecular weight is 420 g/mol. The van der Waals surface area contributed by atoms with Gasteiger partial charge in [0.1, 0.15) is 10.6 Å². The molecule has 2 aromatic heterocycles. The second-order valence-corrected chi connectivity index (χ2v) is 8.65. The maximum atomic E-state index is 13.8. The standard InChI is InChI=1S/C18H18FN5O2S2/c1-10(25)24(20)28-18-21-16-15(13-6-7-22(2)9-14(13)27-16)17(26)23(18)12-5-3-4-11(19)8-12/h3-5,8H,6-7,9,20H2,1-2H3. The zero-order valence-corrected chi connectivity index (χ0v) is 16.9. The van der Waals surface area contributed by atoms with E-state index in [9.17, 15) is 14.0 Å². The normalized spacial score (nSPS) is 14.3. The van der Waals surface area contributed by atoms with Gasteiger partial charge in [-0.25, -0.2) is 19.6 Å². The molecule has 0 saturated heterocycles. The van der Waals surface area contributed by atoms with Crippen molar-refractivity contribution >= 4 is 39.4 Å². The number of likely N-dealkylation sites (N-methyl/N-ethyl adjacent to an activating group) is 1. The molecule has 0 saturated carbocycles. The topological polar surface area (TPSA) is 84.5 Å². The summed E-state index contributed by atoms with van der Waals surface area (Å²) in [5, 5.41) is 0.779. The Balaban J connectivity index is 1.99. The van der Waals surface area contributed by atoms with E-state index in [-0.39, 0.29) is 10.7 Å². The van der Waals surface area contributed by atoms with Gasteiger partial charge in [-0.05, 0) is 37.2 Å². The summed E-state index contributed by atoms with van der Waals surface area (Å²) in [6.45, 7) is 2.93. The lowest BCUT2D eigenvalue weighted by molar-refractivity contribution is -0.124. The number of hydrogen-bond acceptors (Lipinski definition) is 7. The summed E-state index contributed by atoms with van der Waals surface area (Å²) in [5.41, 5.74) is 1.07. The summed E-state index contributed by atoms with van der Waals surface area (Å²) in [5.74, 6) is 4.89. The maximum Gasteiger partial charge on any atom is 0.267 e. The number of amides is 1. The smallest absolute Gasteiger partial charge is 0.267 e. The maximum absolute atomic E-state index is 13.8. The number of nitrogens with zero attached hydrogens (tertiary/aromatic N) is 4. The Kier molecular flexibility index (Phi) is 4.96. The molecule has 4 rings (SSSR count). The van der Waals surface area contributed by atoms with Crippen molar-refractivity contribution in [3.05, 3.63) is 50.9 Å². The van der Waals surface area contributed by atoms with Gasteiger partial charge in [-0.3, -0.25) is 14.2 Å². The van der Waals surface area contributed by atoms with Gasteiger partial charge in [0.2, 0.25) is 5.91 Å². The van der Waals surface area contributed by atoms with E-state index in [1.807, 2.05) is 7.05 Å². The molecule has 0 fully saturated rings. The van der Waals surface area contributed by atoms with Crippen molar-refractivity contribution in [1.82, 2.24) is 18.9 Å². The van der Waals surface area contributed by atoms with Crippen LogP contribution in [0.25, 0.3) is 15.9 Å². The van der Waals surface area contributed by atoms with E-state index in [4.69, 9.17) is 5.84 Å². The number of hydrazine groups is 1. The van der Waals surface area contributed by atoms with Gasteiger partial charge >= 0.3 is 0 Å². The minimum absolute atomic E-state index is 0.216. The van der Waals surface area contributed by atoms with Crippen molar-refractivity contribution in [3.8, 4) is 5.69 Å². The first-order chi connectivity index (χ1) is 13.3. The van der Waals surface area contributed by atoms with Crippen LogP contribution in [0, 0.1) is 5.82 Å². The molecule has 1 aromatic carbocycles. The van der Waals surface area contributed by atoms with Crippen LogP contribution in [0.15, 0.2) is 34.2 Å². The molecule has 10 heteroatoms. The lowest BCUT2D eigenvalue weighted by atomic mass is 10.1. The van der Waals surface area contributed by atoms with Crippen LogP contribution in [0.2, 0.25) is 0 Å². The zero-order valence-electron chi connectivity index (χ0n) is 15.3. The minimum atomic E-state index is -0.467. The van der Waals surface area contributed by atoms with Gasteiger partial charge in [0.15, 0.2) is 5.16 Å². The number of rotatable bonds is 3. The number of aromatic nitrogens is 2. The Labute approximate surface area is 168 Å². The summed E-state index contributed by atoms with van der Waals surface area (Å²) >= 11 is 2.32. The van der Waals surface area contributed by atoms with E-state index in [1.54, 1.807) is 6.07 Å². The van der Waals surface area contributed by atoms with Gasteiger partial charge in [0.25, 0.3) is 5.56 Å². The molecule has 7 nitrogen and oxygen atoms in total. The molecular formula is C18H18FN5O2S2. The third-order valence-electron chi connectivity index (χ3n) is 4.59. The molecule has 0 bridgehead atoms. The number of fused-ring (bicyclic) bond motifs is 3. The lowest BCUT2D eigenvalue weighted by Gasteiger charge is -2.22. The molecule has 1 aliphatic rings. The van der Waals surface area contributed by atoms with Crippen molar-refractivity contribution < 1.29 is 9.18 Å². The first kappa shape index (κ1) is 19.1. The Morgan fingerprint density at radius 2 is 2.21 bits per heavy atom. The van der Waals surface area contributed by atoms with E-state index in [2.05, 4.69) is 9.88 Å². The number of thiophene rings is 1. The summed E-state index contributed by atoms with van der Waals surface area (Å²) in [4.78, 5) is 33.6. The first-order valence-corrected chi connectivity index (χ1v) is 10.2. The Bertz CT molecular complexity index is 1140. The number of benzene rings is 1. The summed E-state index contributed by atoms with van der Waals surface area (Å²) in [7, 11) is 2.03. The molecule has 28 heavy (non-hydrogen) atoms. The number of hydrogen-bond donors (Lipinski definition) is 1. The molecule has 0 unspecified atom stereocenters. The molecule has 1 amide bonds. The number of carbonyl (C=O) groups is 1. The van der Waals surface area contributed by atoms with E-state index in [0.717, 1.165) is 46.3 Å². The van der Waals surface area contributed by atoms with E-state index in [0.29, 0.717) is 15.9 Å². The Morgan fingerprint density at radius 1 is 1.43 bits per heavy atom. The first-order valence-electron chi connectivity index (χ1n) is 8.60. The van der Waals surface area contributed by atoms with E-state index >= 15 is 0 Å². The highest BCUT2D eigenvalue weighted by Crippen LogP contribution is 2.34. The molecule has 1 aliphatic heterocycles. The fourth-order valence-electron chi connectivity index (χ4n) is 3.21. The minimum Gasteiger partial charge on any atom is -0.301 e. The largest absolute Gasteiger partial charge is 0.301 e. The second-order valence-electron chi connectivity index (χ2n) is 6.62. The molecule has 2 N–H and O–H groups in total. The van der Waals surface area contributed by atoms with Crippen LogP contribution in [-0.2, 0) is 17.8 Å². The van der Waals surface area contributed by atoms with Gasteiger partial charge in [-0.2, -0.15) is 0 Å². The van der Waals surface area contributed by atoms with Gasteiger partial charge in [0.05, 0.1) is 11.1 Å². The molecule has 3 aromatic rings. The highest BCUT2D eigenvalue weighted by molar-refractivity contribution is 7.97. The van der Waals surface area contributed by atoms with Crippen LogP contribution in [0.5, 0.6) is 0 Å². The molecular weight excluding hydrogens is 401 g/mol. The van der Waals surface area contributed by atoms with Gasteiger partial charge < -0.3 is 4.90 Å². The second kappa shape index (κ2) is 7.28. The molecule has 3 heterocycles. The number of nitrogens with two attached hydrogens (primary N) is 1. The Morgan fingerprint density at radius 3 is 2.93 bits per heavy atom. The summed E-state index contributed by atoms with van der Waals surface area (Å²) < 4.78 is 16.1. The molecule has 146 valence electrons. The van der Waals surface area contributed by atoms with Gasteiger partial charge in [-0.15, -0.1) is 11.3 Å². The zero-order chi connectivity index (χ0) is 20.0.